The molecular formula is C15H26FN3S. The number of thioether (sulfide) groups is 1. The number of hydrogen-bond donors (Lipinski definition) is 1. The molecule has 0 saturated heterocycles. The average molecular weight is 299 g/mol. The summed E-state index contributed by atoms with van der Waals surface area (Å²) in [6.45, 7) is 3.23. The van der Waals surface area contributed by atoms with Crippen LogP contribution in [0.3, 0.4) is 0 Å². The fraction of sp³-hybridized carbons (Fsp3) is 0.667. The second-order valence-electron chi connectivity index (χ2n) is 5.03. The first-order chi connectivity index (χ1) is 9.62. The Morgan fingerprint density at radius 1 is 1.45 bits per heavy atom. The predicted molar refractivity (Wildman–Crippen MR) is 85.7 cm³/mol. The highest BCUT2D eigenvalue weighted by Crippen LogP contribution is 2.16. The van der Waals surface area contributed by atoms with E-state index in [4.69, 9.17) is 0 Å². The zero-order valence-electron chi connectivity index (χ0n) is 12.9. The van der Waals surface area contributed by atoms with Crippen molar-refractivity contribution in [1.82, 2.24) is 15.2 Å². The van der Waals surface area contributed by atoms with Gasteiger partial charge in [0.2, 0.25) is 0 Å². The molecule has 0 aliphatic carbocycles. The maximum absolute atomic E-state index is 12.9. The van der Waals surface area contributed by atoms with Crippen LogP contribution in [0.15, 0.2) is 18.3 Å². The van der Waals surface area contributed by atoms with Crippen LogP contribution in [-0.4, -0.2) is 48.6 Å². The van der Waals surface area contributed by atoms with E-state index in [1.54, 1.807) is 6.07 Å². The summed E-state index contributed by atoms with van der Waals surface area (Å²) in [4.78, 5) is 6.58. The van der Waals surface area contributed by atoms with Gasteiger partial charge in [-0.2, -0.15) is 11.8 Å². The molecule has 1 aromatic rings. The maximum Gasteiger partial charge on any atom is 0.141 e. The summed E-state index contributed by atoms with van der Waals surface area (Å²) in [5.74, 6) is 0.873. The van der Waals surface area contributed by atoms with E-state index < -0.39 is 0 Å². The number of nitrogens with one attached hydrogen (secondary N) is 1. The highest BCUT2D eigenvalue weighted by Gasteiger charge is 2.16. The zero-order chi connectivity index (χ0) is 15.0. The highest BCUT2D eigenvalue weighted by atomic mass is 32.2. The minimum Gasteiger partial charge on any atom is -0.312 e. The van der Waals surface area contributed by atoms with Gasteiger partial charge in [0.05, 0.1) is 17.9 Å². The first-order valence-corrected chi connectivity index (χ1v) is 8.49. The Balaban J connectivity index is 2.54. The molecule has 0 radical (unpaired) electrons. The van der Waals surface area contributed by atoms with Gasteiger partial charge in [-0.1, -0.05) is 6.92 Å². The van der Waals surface area contributed by atoms with E-state index in [0.717, 1.165) is 30.8 Å². The molecule has 0 spiro atoms. The maximum atomic E-state index is 12.9. The molecular weight excluding hydrogens is 273 g/mol. The number of nitrogens with zero attached hydrogens (tertiary/aromatic N) is 2. The molecule has 20 heavy (non-hydrogen) atoms. The van der Waals surface area contributed by atoms with Crippen LogP contribution in [0.25, 0.3) is 0 Å². The first kappa shape index (κ1) is 17.4. The Labute approximate surface area is 126 Å². The van der Waals surface area contributed by atoms with Crippen LogP contribution in [0.2, 0.25) is 0 Å². The molecule has 0 bridgehead atoms. The van der Waals surface area contributed by atoms with Crippen LogP contribution in [0.1, 0.15) is 31.5 Å². The van der Waals surface area contributed by atoms with Gasteiger partial charge in [-0.25, -0.2) is 4.39 Å². The SMILES string of the molecule is CCC(CSC)N(C)CCC(NC)c1ccc(F)cn1. The van der Waals surface area contributed by atoms with E-state index in [2.05, 4.69) is 35.4 Å². The van der Waals surface area contributed by atoms with Crippen LogP contribution in [-0.2, 0) is 0 Å². The summed E-state index contributed by atoms with van der Waals surface area (Å²) in [5.41, 5.74) is 0.903. The van der Waals surface area contributed by atoms with Gasteiger partial charge < -0.3 is 10.2 Å². The van der Waals surface area contributed by atoms with Crippen molar-refractivity contribution in [3.63, 3.8) is 0 Å². The van der Waals surface area contributed by atoms with Crippen LogP contribution >= 0.6 is 11.8 Å². The molecule has 3 nitrogen and oxygen atoms in total. The molecule has 0 aliphatic rings. The number of aromatic nitrogens is 1. The zero-order valence-corrected chi connectivity index (χ0v) is 13.7. The van der Waals surface area contributed by atoms with Crippen LogP contribution in [0.5, 0.6) is 0 Å². The molecule has 0 fully saturated rings. The number of rotatable bonds is 9. The van der Waals surface area contributed by atoms with E-state index >= 15 is 0 Å². The van der Waals surface area contributed by atoms with Crippen molar-refractivity contribution in [3.05, 3.63) is 29.8 Å². The summed E-state index contributed by atoms with van der Waals surface area (Å²) in [6, 6.07) is 4.02. The van der Waals surface area contributed by atoms with Crippen molar-refractivity contribution in [2.75, 3.05) is 32.6 Å². The summed E-state index contributed by atoms with van der Waals surface area (Å²) in [6.07, 6.45) is 5.56. The Hall–Kier alpha value is -0.650. The van der Waals surface area contributed by atoms with Gasteiger partial charge in [0.15, 0.2) is 0 Å². The van der Waals surface area contributed by atoms with Crippen molar-refractivity contribution in [1.29, 1.82) is 0 Å². The van der Waals surface area contributed by atoms with Gasteiger partial charge in [-0.15, -0.1) is 0 Å². The molecule has 1 heterocycles. The molecule has 1 aromatic heterocycles. The van der Waals surface area contributed by atoms with Crippen LogP contribution < -0.4 is 5.32 Å². The fourth-order valence-corrected chi connectivity index (χ4v) is 3.17. The normalized spacial score (nSPS) is 14.5. The van der Waals surface area contributed by atoms with E-state index in [-0.39, 0.29) is 11.9 Å². The standard InChI is InChI=1S/C15H26FN3S/c1-5-13(11-20-4)19(3)9-8-14(17-2)15-7-6-12(16)10-18-15/h6-7,10,13-14,17H,5,8-9,11H2,1-4H3. The van der Waals surface area contributed by atoms with Gasteiger partial charge in [0, 0.05) is 18.3 Å². The molecule has 0 aliphatic heterocycles. The Kier molecular flexibility index (Phi) is 8.11. The van der Waals surface area contributed by atoms with Crippen LogP contribution in [0, 0.1) is 5.82 Å². The van der Waals surface area contributed by atoms with Gasteiger partial charge in [-0.05, 0) is 45.3 Å². The van der Waals surface area contributed by atoms with E-state index in [0.29, 0.717) is 6.04 Å². The number of halogens is 1. The number of hydrogen-bond acceptors (Lipinski definition) is 4. The minimum atomic E-state index is -0.285. The topological polar surface area (TPSA) is 28.2 Å². The van der Waals surface area contributed by atoms with E-state index in [9.17, 15) is 4.39 Å². The lowest BCUT2D eigenvalue weighted by Crippen LogP contribution is -2.35. The molecule has 0 amide bonds. The van der Waals surface area contributed by atoms with Crippen molar-refractivity contribution in [2.45, 2.75) is 31.8 Å². The third-order valence-corrected chi connectivity index (χ3v) is 4.40. The minimum absolute atomic E-state index is 0.171. The second kappa shape index (κ2) is 9.32. The average Bonchev–Trinajstić information content (AvgIpc) is 2.46. The van der Waals surface area contributed by atoms with Gasteiger partial charge in [0.1, 0.15) is 5.82 Å². The fourth-order valence-electron chi connectivity index (χ4n) is 2.30. The lowest BCUT2D eigenvalue weighted by molar-refractivity contribution is 0.242. The second-order valence-corrected chi connectivity index (χ2v) is 5.94. The molecule has 2 atom stereocenters. The summed E-state index contributed by atoms with van der Waals surface area (Å²) in [7, 11) is 4.10. The molecule has 1 N–H and O–H groups in total. The van der Waals surface area contributed by atoms with Gasteiger partial charge in [0.25, 0.3) is 0 Å². The molecule has 5 heteroatoms. The van der Waals surface area contributed by atoms with E-state index in [1.165, 1.54) is 12.3 Å². The van der Waals surface area contributed by atoms with Crippen molar-refractivity contribution < 1.29 is 4.39 Å². The molecule has 0 saturated carbocycles. The first-order valence-electron chi connectivity index (χ1n) is 7.10. The largest absolute Gasteiger partial charge is 0.312 e. The Morgan fingerprint density at radius 3 is 2.70 bits per heavy atom. The summed E-state index contributed by atoms with van der Waals surface area (Å²) >= 11 is 1.89. The molecule has 1 rings (SSSR count). The van der Waals surface area contributed by atoms with Crippen molar-refractivity contribution in [3.8, 4) is 0 Å². The van der Waals surface area contributed by atoms with Gasteiger partial charge in [-0.3, -0.25) is 4.98 Å². The van der Waals surface area contributed by atoms with Crippen molar-refractivity contribution >= 4 is 11.8 Å². The quantitative estimate of drug-likeness (QED) is 0.759. The van der Waals surface area contributed by atoms with Gasteiger partial charge >= 0.3 is 0 Å². The Bertz CT molecular complexity index is 372. The highest BCUT2D eigenvalue weighted by molar-refractivity contribution is 7.98. The lowest BCUT2D eigenvalue weighted by Gasteiger charge is -2.28. The third kappa shape index (κ3) is 5.38. The predicted octanol–water partition coefficient (Wildman–Crippen LogP) is 2.94. The van der Waals surface area contributed by atoms with Crippen molar-refractivity contribution in [2.24, 2.45) is 0 Å². The third-order valence-electron chi connectivity index (χ3n) is 3.68. The number of pyridine rings is 1. The molecule has 114 valence electrons. The monoisotopic (exact) mass is 299 g/mol. The smallest absolute Gasteiger partial charge is 0.141 e. The molecule has 0 aromatic carbocycles. The van der Waals surface area contributed by atoms with E-state index in [1.807, 2.05) is 18.8 Å². The lowest BCUT2D eigenvalue weighted by atomic mass is 10.1. The summed E-state index contributed by atoms with van der Waals surface area (Å²) < 4.78 is 12.9. The summed E-state index contributed by atoms with van der Waals surface area (Å²) in [5, 5.41) is 3.27. The van der Waals surface area contributed by atoms with Crippen LogP contribution in [0.4, 0.5) is 4.39 Å². The molecule has 2 unspecified atom stereocenters. The Morgan fingerprint density at radius 2 is 2.20 bits per heavy atom.